The van der Waals surface area contributed by atoms with Crippen LogP contribution in [0.4, 0.5) is 23.2 Å². The SMILES string of the molecule is CS(=O)(=O)c1cccc(N2CCN(Cc3ccc(C(F)(F)F)nc3)C(c3ccc(F)cc3)C2)c1. The summed E-state index contributed by atoms with van der Waals surface area (Å²) in [5, 5.41) is 0. The Bertz CT molecular complexity index is 1250. The maximum Gasteiger partial charge on any atom is 0.433 e. The minimum absolute atomic E-state index is 0.196. The standard InChI is InChI=1S/C24H23F4N3O2S/c1-34(32,33)21-4-2-3-20(13-21)30-11-12-31(22(16-30)18-6-8-19(25)9-7-18)15-17-5-10-23(29-14-17)24(26,27)28/h2-10,13-14,22H,11-12,15-16H2,1H3. The zero-order valence-electron chi connectivity index (χ0n) is 18.3. The average molecular weight is 494 g/mol. The maximum absolute atomic E-state index is 13.5. The van der Waals surface area contributed by atoms with E-state index in [1.807, 2.05) is 6.07 Å². The van der Waals surface area contributed by atoms with Gasteiger partial charge in [0.05, 0.1) is 10.9 Å². The number of sulfone groups is 1. The number of anilines is 1. The fourth-order valence-corrected chi connectivity index (χ4v) is 4.74. The third-order valence-electron chi connectivity index (χ3n) is 5.86. The molecule has 1 aliphatic heterocycles. The van der Waals surface area contributed by atoms with Crippen LogP contribution in [0.25, 0.3) is 0 Å². The minimum atomic E-state index is -4.50. The summed E-state index contributed by atoms with van der Waals surface area (Å²) < 4.78 is 76.1. The van der Waals surface area contributed by atoms with Crippen LogP contribution in [0.15, 0.2) is 71.8 Å². The molecule has 0 amide bonds. The molecule has 5 nitrogen and oxygen atoms in total. The lowest BCUT2D eigenvalue weighted by atomic mass is 10.0. The van der Waals surface area contributed by atoms with Crippen LogP contribution in [-0.4, -0.2) is 44.2 Å². The fourth-order valence-electron chi connectivity index (χ4n) is 4.08. The van der Waals surface area contributed by atoms with E-state index in [1.165, 1.54) is 24.4 Å². The van der Waals surface area contributed by atoms with Crippen LogP contribution in [0, 0.1) is 5.82 Å². The topological polar surface area (TPSA) is 53.5 Å². The molecule has 2 aromatic carbocycles. The van der Waals surface area contributed by atoms with Crippen molar-refractivity contribution in [3.05, 3.63) is 89.5 Å². The highest BCUT2D eigenvalue weighted by atomic mass is 32.2. The number of halogens is 4. The molecule has 180 valence electrons. The fraction of sp³-hybridized carbons (Fsp3) is 0.292. The molecule has 3 aromatic rings. The van der Waals surface area contributed by atoms with E-state index >= 15 is 0 Å². The van der Waals surface area contributed by atoms with E-state index in [0.29, 0.717) is 31.7 Å². The first-order chi connectivity index (χ1) is 16.0. The molecule has 0 spiro atoms. The van der Waals surface area contributed by atoms with Gasteiger partial charge in [-0.25, -0.2) is 12.8 Å². The van der Waals surface area contributed by atoms with Crippen molar-refractivity contribution in [1.29, 1.82) is 0 Å². The van der Waals surface area contributed by atoms with Crippen LogP contribution < -0.4 is 4.90 Å². The van der Waals surface area contributed by atoms with Gasteiger partial charge in [-0.1, -0.05) is 24.3 Å². The number of hydrogen-bond acceptors (Lipinski definition) is 5. The molecule has 1 atom stereocenters. The van der Waals surface area contributed by atoms with Crippen LogP contribution in [0.5, 0.6) is 0 Å². The highest BCUT2D eigenvalue weighted by Crippen LogP contribution is 2.32. The molecule has 0 aliphatic carbocycles. The van der Waals surface area contributed by atoms with E-state index in [9.17, 15) is 26.0 Å². The first-order valence-corrected chi connectivity index (χ1v) is 12.5. The second kappa shape index (κ2) is 9.34. The summed E-state index contributed by atoms with van der Waals surface area (Å²) in [7, 11) is -3.37. The summed E-state index contributed by atoms with van der Waals surface area (Å²) >= 11 is 0. The second-order valence-corrected chi connectivity index (χ2v) is 10.3. The molecule has 34 heavy (non-hydrogen) atoms. The van der Waals surface area contributed by atoms with Gasteiger partial charge in [-0.2, -0.15) is 13.2 Å². The van der Waals surface area contributed by atoms with Crippen molar-refractivity contribution >= 4 is 15.5 Å². The molecule has 1 fully saturated rings. The highest BCUT2D eigenvalue weighted by molar-refractivity contribution is 7.90. The van der Waals surface area contributed by atoms with Crippen LogP contribution >= 0.6 is 0 Å². The molecule has 2 heterocycles. The third kappa shape index (κ3) is 5.56. The molecule has 10 heteroatoms. The predicted molar refractivity (Wildman–Crippen MR) is 121 cm³/mol. The van der Waals surface area contributed by atoms with Gasteiger partial charge in [-0.15, -0.1) is 0 Å². The summed E-state index contributed by atoms with van der Waals surface area (Å²) in [4.78, 5) is 7.94. The zero-order valence-corrected chi connectivity index (χ0v) is 19.2. The van der Waals surface area contributed by atoms with E-state index < -0.39 is 21.7 Å². The Morgan fingerprint density at radius 1 is 1.03 bits per heavy atom. The number of benzene rings is 2. The number of nitrogens with zero attached hydrogens (tertiary/aromatic N) is 3. The summed E-state index contributed by atoms with van der Waals surface area (Å²) in [5.74, 6) is -0.365. The van der Waals surface area contributed by atoms with Gasteiger partial charge >= 0.3 is 6.18 Å². The number of aromatic nitrogens is 1. The Hall–Kier alpha value is -2.98. The lowest BCUT2D eigenvalue weighted by Gasteiger charge is -2.43. The van der Waals surface area contributed by atoms with Crippen molar-refractivity contribution in [2.24, 2.45) is 0 Å². The highest BCUT2D eigenvalue weighted by Gasteiger charge is 2.33. The minimum Gasteiger partial charge on any atom is -0.368 e. The quantitative estimate of drug-likeness (QED) is 0.482. The van der Waals surface area contributed by atoms with Gasteiger partial charge in [0.2, 0.25) is 0 Å². The van der Waals surface area contributed by atoms with Gasteiger partial charge in [0, 0.05) is 44.3 Å². The first-order valence-electron chi connectivity index (χ1n) is 10.6. The Morgan fingerprint density at radius 3 is 2.38 bits per heavy atom. The van der Waals surface area contributed by atoms with Gasteiger partial charge < -0.3 is 4.90 Å². The van der Waals surface area contributed by atoms with Gasteiger partial charge in [-0.05, 0) is 47.5 Å². The van der Waals surface area contributed by atoms with Crippen LogP contribution in [0.2, 0.25) is 0 Å². The zero-order chi connectivity index (χ0) is 24.5. The van der Waals surface area contributed by atoms with E-state index in [2.05, 4.69) is 14.8 Å². The lowest BCUT2D eigenvalue weighted by Crippen LogP contribution is -2.48. The number of alkyl halides is 3. The Morgan fingerprint density at radius 2 is 1.76 bits per heavy atom. The monoisotopic (exact) mass is 493 g/mol. The normalized spacial score (nSPS) is 17.7. The van der Waals surface area contributed by atoms with Crippen LogP contribution in [0.3, 0.4) is 0 Å². The molecule has 0 radical (unpaired) electrons. The summed E-state index contributed by atoms with van der Waals surface area (Å²) in [5.41, 5.74) is 1.30. The summed E-state index contributed by atoms with van der Waals surface area (Å²) in [6.45, 7) is 2.00. The number of piperazine rings is 1. The summed E-state index contributed by atoms with van der Waals surface area (Å²) in [6.07, 6.45) is -2.11. The predicted octanol–water partition coefficient (Wildman–Crippen LogP) is 4.71. The van der Waals surface area contributed by atoms with E-state index in [1.54, 1.807) is 30.3 Å². The van der Waals surface area contributed by atoms with Crippen LogP contribution in [0.1, 0.15) is 22.9 Å². The third-order valence-corrected chi connectivity index (χ3v) is 6.97. The molecular weight excluding hydrogens is 470 g/mol. The lowest BCUT2D eigenvalue weighted by molar-refractivity contribution is -0.141. The van der Waals surface area contributed by atoms with Crippen molar-refractivity contribution in [3.8, 4) is 0 Å². The van der Waals surface area contributed by atoms with E-state index in [0.717, 1.165) is 23.6 Å². The van der Waals surface area contributed by atoms with Crippen molar-refractivity contribution in [3.63, 3.8) is 0 Å². The van der Waals surface area contributed by atoms with Gasteiger partial charge in [-0.3, -0.25) is 9.88 Å². The van der Waals surface area contributed by atoms with Gasteiger partial charge in [0.15, 0.2) is 9.84 Å². The van der Waals surface area contributed by atoms with Gasteiger partial charge in [0.25, 0.3) is 0 Å². The molecule has 0 saturated carbocycles. The van der Waals surface area contributed by atoms with Crippen molar-refractivity contribution in [2.45, 2.75) is 23.7 Å². The average Bonchev–Trinajstić information content (AvgIpc) is 2.79. The Balaban J connectivity index is 1.60. The van der Waals surface area contributed by atoms with Crippen LogP contribution in [-0.2, 0) is 22.6 Å². The number of rotatable bonds is 5. The molecule has 4 rings (SSSR count). The van der Waals surface area contributed by atoms with Crippen molar-refractivity contribution in [2.75, 3.05) is 30.8 Å². The molecule has 1 aliphatic rings. The van der Waals surface area contributed by atoms with Gasteiger partial charge in [0.1, 0.15) is 11.5 Å². The van der Waals surface area contributed by atoms with Crippen molar-refractivity contribution in [1.82, 2.24) is 9.88 Å². The first kappa shape index (κ1) is 24.2. The number of hydrogen-bond donors (Lipinski definition) is 0. The number of pyridine rings is 1. The molecular formula is C24H23F4N3O2S. The Kier molecular flexibility index (Phi) is 6.64. The Labute approximate surface area is 195 Å². The smallest absolute Gasteiger partial charge is 0.368 e. The molecule has 0 bridgehead atoms. The molecule has 1 saturated heterocycles. The van der Waals surface area contributed by atoms with E-state index in [4.69, 9.17) is 0 Å². The molecule has 1 unspecified atom stereocenters. The summed E-state index contributed by atoms with van der Waals surface area (Å²) in [6, 6.07) is 15.0. The molecule has 1 aromatic heterocycles. The largest absolute Gasteiger partial charge is 0.433 e. The second-order valence-electron chi connectivity index (χ2n) is 8.30. The van der Waals surface area contributed by atoms with Crippen molar-refractivity contribution < 1.29 is 26.0 Å². The van der Waals surface area contributed by atoms with E-state index in [-0.39, 0.29) is 16.8 Å². The maximum atomic E-state index is 13.5. The molecule has 0 N–H and O–H groups in total.